The second-order valence-electron chi connectivity index (χ2n) is 8.13. The van der Waals surface area contributed by atoms with Crippen molar-refractivity contribution in [2.24, 2.45) is 0 Å². The van der Waals surface area contributed by atoms with Gasteiger partial charge in [-0.25, -0.2) is 0 Å². The minimum atomic E-state index is -0.885. The van der Waals surface area contributed by atoms with Crippen LogP contribution in [0.5, 0.6) is 5.75 Å². The van der Waals surface area contributed by atoms with Crippen LogP contribution < -0.4 is 10.1 Å². The molecular weight excluding hydrogens is 412 g/mol. The number of carbonyl (C=O) groups excluding carboxylic acids is 2. The molecule has 0 saturated heterocycles. The predicted molar refractivity (Wildman–Crippen MR) is 120 cm³/mol. The van der Waals surface area contributed by atoms with Crippen LogP contribution in [0.15, 0.2) is 60.0 Å². The number of hydrogen-bond acceptors (Lipinski definition) is 6. The molecule has 0 aliphatic carbocycles. The highest BCUT2D eigenvalue weighted by Gasteiger charge is 2.35. The van der Waals surface area contributed by atoms with Gasteiger partial charge in [0.2, 0.25) is 5.91 Å². The van der Waals surface area contributed by atoms with E-state index in [1.165, 1.54) is 4.90 Å². The average molecular weight is 439 g/mol. The number of ether oxygens (including phenoxy) is 1. The van der Waals surface area contributed by atoms with Crippen LogP contribution in [0.1, 0.15) is 48.4 Å². The van der Waals surface area contributed by atoms with Gasteiger partial charge >= 0.3 is 0 Å². The fraction of sp³-hybridized carbons (Fsp3) is 0.304. The molecule has 1 atom stereocenters. The predicted octanol–water partition coefficient (Wildman–Crippen LogP) is 3.85. The number of amides is 2. The van der Waals surface area contributed by atoms with Crippen molar-refractivity contribution >= 4 is 23.3 Å². The summed E-state index contributed by atoms with van der Waals surface area (Å²) in [6, 6.07) is 15.9. The highest BCUT2D eigenvalue weighted by Crippen LogP contribution is 2.28. The molecule has 162 valence electrons. The van der Waals surface area contributed by atoms with Gasteiger partial charge in [-0.1, -0.05) is 47.0 Å². The first-order chi connectivity index (χ1) is 14.8. The number of aromatic nitrogens is 2. The normalized spacial score (nSPS) is 12.1. The highest BCUT2D eigenvalue weighted by atomic mass is 32.1. The van der Waals surface area contributed by atoms with Crippen molar-refractivity contribution in [1.82, 2.24) is 19.8 Å². The minimum absolute atomic E-state index is 0.206. The molecule has 0 saturated carbocycles. The number of methoxy groups -OCH3 is 1. The highest BCUT2D eigenvalue weighted by molar-refractivity contribution is 7.03. The van der Waals surface area contributed by atoms with Crippen LogP contribution in [-0.2, 0) is 11.3 Å². The molecule has 1 N–H and O–H groups in total. The smallest absolute Gasteiger partial charge is 0.276 e. The Bertz CT molecular complexity index is 1020. The molecule has 3 aromatic rings. The van der Waals surface area contributed by atoms with E-state index in [2.05, 4.69) is 14.9 Å². The van der Waals surface area contributed by atoms with Crippen molar-refractivity contribution < 1.29 is 14.3 Å². The molecule has 2 aromatic carbocycles. The van der Waals surface area contributed by atoms with E-state index in [9.17, 15) is 9.59 Å². The third-order valence-electron chi connectivity index (χ3n) is 4.50. The molecule has 8 heteroatoms. The molecule has 0 spiro atoms. The van der Waals surface area contributed by atoms with E-state index in [-0.39, 0.29) is 24.1 Å². The number of rotatable bonds is 7. The second-order valence-corrected chi connectivity index (χ2v) is 8.74. The third kappa shape index (κ3) is 5.88. The van der Waals surface area contributed by atoms with Crippen LogP contribution >= 0.6 is 11.5 Å². The number of hydrogen-bond donors (Lipinski definition) is 1. The second kappa shape index (κ2) is 9.70. The van der Waals surface area contributed by atoms with E-state index in [0.29, 0.717) is 11.3 Å². The summed E-state index contributed by atoms with van der Waals surface area (Å²) in [6.07, 6.45) is 0. The molecule has 3 rings (SSSR count). The van der Waals surface area contributed by atoms with Gasteiger partial charge in [-0.2, -0.15) is 0 Å². The Morgan fingerprint density at radius 1 is 1.13 bits per heavy atom. The largest absolute Gasteiger partial charge is 0.497 e. The zero-order valence-corrected chi connectivity index (χ0v) is 18.8. The Balaban J connectivity index is 2.10. The zero-order chi connectivity index (χ0) is 22.4. The molecule has 0 fully saturated rings. The average Bonchev–Trinajstić information content (AvgIpc) is 3.27. The van der Waals surface area contributed by atoms with E-state index in [4.69, 9.17) is 4.74 Å². The van der Waals surface area contributed by atoms with Crippen molar-refractivity contribution in [1.29, 1.82) is 0 Å². The Kier molecular flexibility index (Phi) is 7.02. The fourth-order valence-corrected chi connectivity index (χ4v) is 3.62. The van der Waals surface area contributed by atoms with Crippen molar-refractivity contribution in [2.45, 2.75) is 38.9 Å². The molecular formula is C23H26N4O3S. The van der Waals surface area contributed by atoms with Gasteiger partial charge in [0.1, 0.15) is 11.8 Å². The molecule has 1 heterocycles. The van der Waals surface area contributed by atoms with Gasteiger partial charge < -0.3 is 15.0 Å². The van der Waals surface area contributed by atoms with E-state index in [1.54, 1.807) is 30.7 Å². The van der Waals surface area contributed by atoms with E-state index in [1.807, 2.05) is 57.2 Å². The van der Waals surface area contributed by atoms with Gasteiger partial charge in [0.05, 0.1) is 7.11 Å². The van der Waals surface area contributed by atoms with Crippen molar-refractivity contribution in [3.8, 4) is 5.75 Å². The Hall–Kier alpha value is -3.26. The molecule has 0 aliphatic rings. The maximum atomic E-state index is 13.5. The van der Waals surface area contributed by atoms with Crippen molar-refractivity contribution in [3.63, 3.8) is 0 Å². The van der Waals surface area contributed by atoms with Crippen LogP contribution in [0.4, 0.5) is 0 Å². The van der Waals surface area contributed by atoms with Gasteiger partial charge in [-0.05, 0) is 55.6 Å². The molecule has 0 aliphatic heterocycles. The first kappa shape index (κ1) is 22.4. The standard InChI is InChI=1S/C23H26N4O3S/c1-23(2,3)24-21(28)20(17-11-8-12-18(13-17)30-4)27(14-16-9-6-5-7-10-16)22(29)19-15-31-26-25-19/h5-13,15,20H,14H2,1-4H3,(H,24,28)/t20-/m1/s1. The van der Waals surface area contributed by atoms with Crippen molar-refractivity contribution in [3.05, 3.63) is 76.8 Å². The van der Waals surface area contributed by atoms with E-state index < -0.39 is 11.6 Å². The summed E-state index contributed by atoms with van der Waals surface area (Å²) in [5, 5.41) is 8.55. The number of nitrogens with zero attached hydrogens (tertiary/aromatic N) is 3. The maximum absolute atomic E-state index is 13.5. The zero-order valence-electron chi connectivity index (χ0n) is 18.0. The summed E-state index contributed by atoms with van der Waals surface area (Å²) < 4.78 is 9.18. The van der Waals surface area contributed by atoms with Crippen LogP contribution in [-0.4, -0.2) is 38.9 Å². The van der Waals surface area contributed by atoms with Gasteiger partial charge in [-0.15, -0.1) is 5.10 Å². The number of nitrogens with one attached hydrogen (secondary N) is 1. The lowest BCUT2D eigenvalue weighted by molar-refractivity contribution is -0.127. The van der Waals surface area contributed by atoms with E-state index in [0.717, 1.165) is 17.1 Å². The molecule has 0 unspecified atom stereocenters. The Morgan fingerprint density at radius 2 is 1.87 bits per heavy atom. The summed E-state index contributed by atoms with van der Waals surface area (Å²) in [4.78, 5) is 28.5. The lowest BCUT2D eigenvalue weighted by Gasteiger charge is -2.33. The summed E-state index contributed by atoms with van der Waals surface area (Å²) in [7, 11) is 1.57. The summed E-state index contributed by atoms with van der Waals surface area (Å²) in [5.41, 5.74) is 1.28. The first-order valence-electron chi connectivity index (χ1n) is 9.86. The molecule has 0 bridgehead atoms. The fourth-order valence-electron chi connectivity index (χ4n) is 3.19. The molecule has 1 aromatic heterocycles. The van der Waals surface area contributed by atoms with Crippen LogP contribution in [0.2, 0.25) is 0 Å². The van der Waals surface area contributed by atoms with Gasteiger partial charge in [0.25, 0.3) is 5.91 Å². The number of benzene rings is 2. The lowest BCUT2D eigenvalue weighted by atomic mass is 10.00. The Labute approximate surface area is 186 Å². The topological polar surface area (TPSA) is 84.4 Å². The maximum Gasteiger partial charge on any atom is 0.276 e. The summed E-state index contributed by atoms with van der Waals surface area (Å²) >= 11 is 1.09. The third-order valence-corrected chi connectivity index (χ3v) is 5.01. The quantitative estimate of drug-likeness (QED) is 0.606. The molecule has 0 radical (unpaired) electrons. The lowest BCUT2D eigenvalue weighted by Crippen LogP contribution is -2.49. The molecule has 2 amide bonds. The molecule has 7 nitrogen and oxygen atoms in total. The number of carbonyl (C=O) groups is 2. The van der Waals surface area contributed by atoms with Crippen molar-refractivity contribution in [2.75, 3.05) is 7.11 Å². The van der Waals surface area contributed by atoms with Gasteiger partial charge in [0, 0.05) is 17.5 Å². The van der Waals surface area contributed by atoms with Gasteiger partial charge in [-0.3, -0.25) is 9.59 Å². The Morgan fingerprint density at radius 3 is 2.48 bits per heavy atom. The van der Waals surface area contributed by atoms with Crippen LogP contribution in [0, 0.1) is 0 Å². The minimum Gasteiger partial charge on any atom is -0.497 e. The monoisotopic (exact) mass is 438 g/mol. The summed E-state index contributed by atoms with van der Waals surface area (Å²) in [6.45, 7) is 5.94. The molecule has 31 heavy (non-hydrogen) atoms. The summed E-state index contributed by atoms with van der Waals surface area (Å²) in [5.74, 6) is -0.0452. The van der Waals surface area contributed by atoms with Crippen LogP contribution in [0.25, 0.3) is 0 Å². The van der Waals surface area contributed by atoms with E-state index >= 15 is 0 Å². The first-order valence-corrected chi connectivity index (χ1v) is 10.7. The SMILES string of the molecule is COc1cccc([C@H](C(=O)NC(C)(C)C)N(Cc2ccccc2)C(=O)c2csnn2)c1. The van der Waals surface area contributed by atoms with Crippen LogP contribution in [0.3, 0.4) is 0 Å². The van der Waals surface area contributed by atoms with Gasteiger partial charge in [0.15, 0.2) is 5.69 Å².